The molecule has 86 valence electrons. The summed E-state index contributed by atoms with van der Waals surface area (Å²) in [5.74, 6) is 0.328. The van der Waals surface area contributed by atoms with Crippen LogP contribution in [-0.4, -0.2) is 29.7 Å². The highest BCUT2D eigenvalue weighted by atomic mass is 32.1. The second-order valence-corrected chi connectivity index (χ2v) is 4.77. The van der Waals surface area contributed by atoms with E-state index in [0.717, 1.165) is 18.1 Å². The van der Waals surface area contributed by atoms with Crippen LogP contribution in [0.5, 0.6) is 0 Å². The van der Waals surface area contributed by atoms with Crippen molar-refractivity contribution in [2.45, 2.75) is 26.1 Å². The van der Waals surface area contributed by atoms with Gasteiger partial charge in [0.15, 0.2) is 5.82 Å². The monoisotopic (exact) mass is 238 g/mol. The molecule has 1 aromatic rings. The summed E-state index contributed by atoms with van der Waals surface area (Å²) < 4.78 is 9.67. The maximum absolute atomic E-state index is 9.03. The summed E-state index contributed by atoms with van der Waals surface area (Å²) in [5.41, 5.74) is 6.14. The van der Waals surface area contributed by atoms with E-state index in [4.69, 9.17) is 15.7 Å². The second-order valence-electron chi connectivity index (χ2n) is 4.02. The molecule has 1 saturated heterocycles. The zero-order valence-corrected chi connectivity index (χ0v) is 10.1. The average Bonchev–Trinajstić information content (AvgIpc) is 2.58. The summed E-state index contributed by atoms with van der Waals surface area (Å²) in [7, 11) is 0. The van der Waals surface area contributed by atoms with Crippen molar-refractivity contribution in [3.8, 4) is 6.07 Å². The minimum atomic E-state index is 0.165. The van der Waals surface area contributed by atoms with Crippen molar-refractivity contribution in [1.29, 1.82) is 5.26 Å². The number of morpholine rings is 1. The maximum atomic E-state index is 9.03. The third kappa shape index (κ3) is 1.96. The Kier molecular flexibility index (Phi) is 2.99. The van der Waals surface area contributed by atoms with Crippen LogP contribution in [0.25, 0.3) is 0 Å². The third-order valence-electron chi connectivity index (χ3n) is 2.52. The van der Waals surface area contributed by atoms with Gasteiger partial charge in [0.2, 0.25) is 0 Å². The second kappa shape index (κ2) is 4.28. The number of nitrogens with two attached hydrogens (primary N) is 1. The zero-order valence-electron chi connectivity index (χ0n) is 9.30. The molecule has 0 radical (unpaired) electrons. The summed E-state index contributed by atoms with van der Waals surface area (Å²) in [6, 6.07) is 2.11. The fourth-order valence-corrected chi connectivity index (χ4v) is 2.74. The Morgan fingerprint density at radius 3 is 2.69 bits per heavy atom. The molecular formula is C10H14N4OS. The van der Waals surface area contributed by atoms with Crippen LogP contribution >= 0.6 is 11.5 Å². The number of hydrogen-bond acceptors (Lipinski definition) is 6. The summed E-state index contributed by atoms with van der Waals surface area (Å²) in [4.78, 5) is 2.13. The van der Waals surface area contributed by atoms with Crippen LogP contribution in [0.4, 0.5) is 10.8 Å². The molecule has 1 aliphatic rings. The smallest absolute Gasteiger partial charge is 0.157 e. The van der Waals surface area contributed by atoms with Crippen LogP contribution in [0.15, 0.2) is 0 Å². The first-order valence-electron chi connectivity index (χ1n) is 5.17. The third-order valence-corrected chi connectivity index (χ3v) is 3.44. The minimum absolute atomic E-state index is 0.165. The predicted octanol–water partition coefficient (Wildman–Crippen LogP) is 1.21. The van der Waals surface area contributed by atoms with Gasteiger partial charge in [-0.1, -0.05) is 0 Å². The van der Waals surface area contributed by atoms with E-state index >= 15 is 0 Å². The van der Waals surface area contributed by atoms with Crippen LogP contribution in [0.2, 0.25) is 0 Å². The first-order valence-corrected chi connectivity index (χ1v) is 5.94. The van der Waals surface area contributed by atoms with Crippen molar-refractivity contribution in [3.05, 3.63) is 5.56 Å². The summed E-state index contributed by atoms with van der Waals surface area (Å²) in [5, 5.41) is 9.89. The first kappa shape index (κ1) is 11.2. The molecule has 1 aromatic heterocycles. The van der Waals surface area contributed by atoms with E-state index in [2.05, 4.69) is 15.3 Å². The largest absolute Gasteiger partial charge is 0.382 e. The van der Waals surface area contributed by atoms with E-state index in [1.165, 1.54) is 11.5 Å². The Labute approximate surface area is 98.6 Å². The summed E-state index contributed by atoms with van der Waals surface area (Å²) in [6.07, 6.45) is 0.331. The lowest BCUT2D eigenvalue weighted by Gasteiger charge is -2.35. The highest BCUT2D eigenvalue weighted by molar-refractivity contribution is 7.10. The molecule has 0 spiro atoms. The average molecular weight is 238 g/mol. The van der Waals surface area contributed by atoms with E-state index in [9.17, 15) is 0 Å². The zero-order chi connectivity index (χ0) is 11.7. The maximum Gasteiger partial charge on any atom is 0.157 e. The van der Waals surface area contributed by atoms with Gasteiger partial charge in [0.1, 0.15) is 16.6 Å². The number of anilines is 2. The Morgan fingerprint density at radius 1 is 1.50 bits per heavy atom. The van der Waals surface area contributed by atoms with Crippen molar-refractivity contribution >= 4 is 22.4 Å². The van der Waals surface area contributed by atoms with Crippen LogP contribution < -0.4 is 10.6 Å². The van der Waals surface area contributed by atoms with Gasteiger partial charge in [-0.05, 0) is 25.4 Å². The molecule has 0 bridgehead atoms. The van der Waals surface area contributed by atoms with Crippen molar-refractivity contribution < 1.29 is 4.74 Å². The van der Waals surface area contributed by atoms with Crippen LogP contribution in [0, 0.1) is 11.3 Å². The summed E-state index contributed by atoms with van der Waals surface area (Å²) >= 11 is 1.28. The number of nitrogens with zero attached hydrogens (tertiary/aromatic N) is 3. The fraction of sp³-hybridized carbons (Fsp3) is 0.600. The molecule has 2 unspecified atom stereocenters. The van der Waals surface area contributed by atoms with E-state index in [0.29, 0.717) is 11.4 Å². The minimum Gasteiger partial charge on any atom is -0.382 e. The summed E-state index contributed by atoms with van der Waals surface area (Å²) in [6.45, 7) is 5.61. The van der Waals surface area contributed by atoms with Crippen molar-refractivity contribution in [2.75, 3.05) is 23.7 Å². The van der Waals surface area contributed by atoms with Crippen molar-refractivity contribution in [2.24, 2.45) is 0 Å². The molecule has 1 fully saturated rings. The Bertz CT molecular complexity index is 415. The van der Waals surface area contributed by atoms with Crippen molar-refractivity contribution in [1.82, 2.24) is 4.37 Å². The van der Waals surface area contributed by atoms with E-state index in [-0.39, 0.29) is 12.2 Å². The molecule has 0 saturated carbocycles. The molecule has 1 aliphatic heterocycles. The molecular weight excluding hydrogens is 224 g/mol. The molecule has 0 aromatic carbocycles. The topological polar surface area (TPSA) is 75.2 Å². The molecule has 6 heteroatoms. The number of rotatable bonds is 1. The lowest BCUT2D eigenvalue weighted by atomic mass is 10.2. The molecule has 2 N–H and O–H groups in total. The molecule has 2 rings (SSSR count). The highest BCUT2D eigenvalue weighted by Crippen LogP contribution is 2.31. The number of aromatic nitrogens is 1. The standard InChI is InChI=1S/C10H14N4OS/c1-6-4-14(5-7(2)15-6)10-8(3-11)9(12)13-16-10/h6-7H,4-5H2,1-2H3,(H2,12,13). The highest BCUT2D eigenvalue weighted by Gasteiger charge is 2.26. The lowest BCUT2D eigenvalue weighted by Crippen LogP contribution is -2.45. The molecule has 0 aliphatic carbocycles. The van der Waals surface area contributed by atoms with Gasteiger partial charge in [0.25, 0.3) is 0 Å². The Morgan fingerprint density at radius 2 is 2.12 bits per heavy atom. The van der Waals surface area contributed by atoms with Crippen LogP contribution in [0.1, 0.15) is 19.4 Å². The van der Waals surface area contributed by atoms with Gasteiger partial charge in [0.05, 0.1) is 12.2 Å². The number of nitriles is 1. The van der Waals surface area contributed by atoms with Gasteiger partial charge < -0.3 is 15.4 Å². The molecule has 0 amide bonds. The van der Waals surface area contributed by atoms with E-state index < -0.39 is 0 Å². The fourth-order valence-electron chi connectivity index (χ4n) is 1.96. The Balaban J connectivity index is 2.27. The number of ether oxygens (including phenoxy) is 1. The van der Waals surface area contributed by atoms with E-state index in [1.54, 1.807) is 0 Å². The molecule has 2 heterocycles. The van der Waals surface area contributed by atoms with Gasteiger partial charge in [0, 0.05) is 13.1 Å². The molecule has 16 heavy (non-hydrogen) atoms. The van der Waals surface area contributed by atoms with Crippen LogP contribution in [0.3, 0.4) is 0 Å². The van der Waals surface area contributed by atoms with Crippen LogP contribution in [-0.2, 0) is 4.74 Å². The van der Waals surface area contributed by atoms with Crippen molar-refractivity contribution in [3.63, 3.8) is 0 Å². The molecule has 2 atom stereocenters. The normalized spacial score (nSPS) is 25.4. The first-order chi connectivity index (χ1) is 7.61. The van der Waals surface area contributed by atoms with Gasteiger partial charge in [-0.25, -0.2) is 0 Å². The molecule has 5 nitrogen and oxygen atoms in total. The lowest BCUT2D eigenvalue weighted by molar-refractivity contribution is -0.00501. The predicted molar refractivity (Wildman–Crippen MR) is 63.5 cm³/mol. The van der Waals surface area contributed by atoms with Gasteiger partial charge in [-0.15, -0.1) is 0 Å². The Hall–Kier alpha value is -1.32. The van der Waals surface area contributed by atoms with E-state index in [1.807, 2.05) is 13.8 Å². The van der Waals surface area contributed by atoms with Gasteiger partial charge in [-0.3, -0.25) is 0 Å². The number of nitrogen functional groups attached to an aromatic ring is 1. The quantitative estimate of drug-likeness (QED) is 0.796. The van der Waals surface area contributed by atoms with Gasteiger partial charge in [-0.2, -0.15) is 9.64 Å². The SMILES string of the molecule is CC1CN(c2snc(N)c2C#N)CC(C)O1. The van der Waals surface area contributed by atoms with Gasteiger partial charge >= 0.3 is 0 Å². The number of hydrogen-bond donors (Lipinski definition) is 1.